The Morgan fingerprint density at radius 3 is 2.26 bits per heavy atom. The Kier molecular flexibility index (Phi) is 5.43. The Morgan fingerprint density at radius 1 is 0.870 bits per heavy atom. The summed E-state index contributed by atoms with van der Waals surface area (Å²) < 4.78 is 0. The molecule has 0 aliphatic carbocycles. The summed E-state index contributed by atoms with van der Waals surface area (Å²) in [5.41, 5.74) is 3.30. The van der Waals surface area contributed by atoms with Gasteiger partial charge in [-0.25, -0.2) is 0 Å². The minimum atomic E-state index is -0.00859. The molecule has 0 bridgehead atoms. The van der Waals surface area contributed by atoms with Gasteiger partial charge in [-0.2, -0.15) is 0 Å². The zero-order valence-electron chi connectivity index (χ0n) is 13.6. The molecule has 3 rings (SSSR count). The fourth-order valence-electron chi connectivity index (χ4n) is 3.27. The van der Waals surface area contributed by atoms with Crippen LogP contribution in [0.1, 0.15) is 40.7 Å². The Labute approximate surface area is 138 Å². The standard InChI is InChI=1S/C20H24N2O/c23-20(17-9-3-1-4-10-17)21-15-18-11-5-6-12-19(18)16-22-13-7-2-8-14-22/h1,3-6,9-12H,2,7-8,13-16H2,(H,21,23)/p+1. The molecule has 2 N–H and O–H groups in total. The first-order valence-electron chi connectivity index (χ1n) is 8.56. The summed E-state index contributed by atoms with van der Waals surface area (Å²) in [6.07, 6.45) is 4.04. The first-order valence-corrected chi connectivity index (χ1v) is 8.56. The average Bonchev–Trinajstić information content (AvgIpc) is 2.62. The molecule has 120 valence electrons. The lowest BCUT2D eigenvalue weighted by Gasteiger charge is -2.24. The average molecular weight is 309 g/mol. The van der Waals surface area contributed by atoms with Gasteiger partial charge in [-0.15, -0.1) is 0 Å². The van der Waals surface area contributed by atoms with E-state index in [1.54, 1.807) is 4.90 Å². The monoisotopic (exact) mass is 309 g/mol. The van der Waals surface area contributed by atoms with E-state index >= 15 is 0 Å². The predicted octanol–water partition coefficient (Wildman–Crippen LogP) is 2.19. The molecule has 1 aliphatic rings. The van der Waals surface area contributed by atoms with E-state index in [1.807, 2.05) is 30.3 Å². The number of hydrogen-bond acceptors (Lipinski definition) is 1. The lowest BCUT2D eigenvalue weighted by molar-refractivity contribution is -0.918. The van der Waals surface area contributed by atoms with E-state index in [0.29, 0.717) is 12.1 Å². The highest BCUT2D eigenvalue weighted by molar-refractivity contribution is 5.94. The van der Waals surface area contributed by atoms with Crippen molar-refractivity contribution in [1.82, 2.24) is 5.32 Å². The Morgan fingerprint density at radius 2 is 1.52 bits per heavy atom. The Bertz CT molecular complexity index is 633. The maximum Gasteiger partial charge on any atom is 0.251 e. The molecule has 1 saturated heterocycles. The smallest absolute Gasteiger partial charge is 0.251 e. The van der Waals surface area contributed by atoms with Crippen LogP contribution in [0.25, 0.3) is 0 Å². The van der Waals surface area contributed by atoms with Gasteiger partial charge in [0.05, 0.1) is 13.1 Å². The summed E-state index contributed by atoms with van der Waals surface area (Å²) in [4.78, 5) is 13.9. The SMILES string of the molecule is O=C(NCc1ccccc1C[NH+]1CCCCC1)c1ccccc1. The van der Waals surface area contributed by atoms with E-state index < -0.39 is 0 Å². The zero-order chi connectivity index (χ0) is 15.9. The van der Waals surface area contributed by atoms with Gasteiger partial charge >= 0.3 is 0 Å². The van der Waals surface area contributed by atoms with Crippen molar-refractivity contribution in [3.8, 4) is 0 Å². The molecule has 23 heavy (non-hydrogen) atoms. The highest BCUT2D eigenvalue weighted by atomic mass is 16.1. The molecule has 1 heterocycles. The van der Waals surface area contributed by atoms with Crippen molar-refractivity contribution in [2.24, 2.45) is 0 Å². The summed E-state index contributed by atoms with van der Waals surface area (Å²) >= 11 is 0. The summed E-state index contributed by atoms with van der Waals surface area (Å²) in [5.74, 6) is -0.00859. The van der Waals surface area contributed by atoms with Crippen LogP contribution < -0.4 is 10.2 Å². The maximum absolute atomic E-state index is 12.2. The number of amides is 1. The van der Waals surface area contributed by atoms with Crippen molar-refractivity contribution in [2.75, 3.05) is 13.1 Å². The van der Waals surface area contributed by atoms with Crippen LogP contribution in [0.15, 0.2) is 54.6 Å². The van der Waals surface area contributed by atoms with Crippen LogP contribution in [0.4, 0.5) is 0 Å². The van der Waals surface area contributed by atoms with Crippen molar-refractivity contribution in [3.05, 3.63) is 71.3 Å². The van der Waals surface area contributed by atoms with Gasteiger partial charge in [-0.3, -0.25) is 4.79 Å². The minimum Gasteiger partial charge on any atom is -0.348 e. The van der Waals surface area contributed by atoms with Gasteiger partial charge < -0.3 is 10.2 Å². The van der Waals surface area contributed by atoms with E-state index in [1.165, 1.54) is 43.5 Å². The minimum absolute atomic E-state index is 0.00859. The molecular weight excluding hydrogens is 284 g/mol. The molecule has 1 aliphatic heterocycles. The first-order chi connectivity index (χ1) is 11.3. The molecule has 0 aromatic heterocycles. The van der Waals surface area contributed by atoms with Crippen LogP contribution in [0.2, 0.25) is 0 Å². The van der Waals surface area contributed by atoms with Crippen LogP contribution in [0, 0.1) is 0 Å². The molecule has 0 unspecified atom stereocenters. The second-order valence-electron chi connectivity index (χ2n) is 6.30. The second kappa shape index (κ2) is 7.93. The van der Waals surface area contributed by atoms with E-state index in [2.05, 4.69) is 29.6 Å². The van der Waals surface area contributed by atoms with Crippen molar-refractivity contribution in [2.45, 2.75) is 32.4 Å². The van der Waals surface area contributed by atoms with Crippen LogP contribution in [0.5, 0.6) is 0 Å². The molecule has 0 atom stereocenters. The number of likely N-dealkylation sites (tertiary alicyclic amines) is 1. The van der Waals surface area contributed by atoms with Gasteiger partial charge in [-0.05, 0) is 37.0 Å². The molecule has 0 spiro atoms. The topological polar surface area (TPSA) is 33.5 Å². The van der Waals surface area contributed by atoms with Gasteiger partial charge in [0.1, 0.15) is 6.54 Å². The van der Waals surface area contributed by atoms with Gasteiger partial charge in [0.25, 0.3) is 5.91 Å². The van der Waals surface area contributed by atoms with Crippen LogP contribution in [-0.4, -0.2) is 19.0 Å². The summed E-state index contributed by atoms with van der Waals surface area (Å²) in [7, 11) is 0. The van der Waals surface area contributed by atoms with Gasteiger partial charge in [0.2, 0.25) is 0 Å². The lowest BCUT2D eigenvalue weighted by Crippen LogP contribution is -3.11. The Hall–Kier alpha value is -2.13. The van der Waals surface area contributed by atoms with Crippen molar-refractivity contribution >= 4 is 5.91 Å². The zero-order valence-corrected chi connectivity index (χ0v) is 13.6. The predicted molar refractivity (Wildman–Crippen MR) is 92.3 cm³/mol. The lowest BCUT2D eigenvalue weighted by atomic mass is 10.0. The molecule has 1 fully saturated rings. The Balaban J connectivity index is 1.62. The van der Waals surface area contributed by atoms with Gasteiger partial charge in [0, 0.05) is 17.7 Å². The van der Waals surface area contributed by atoms with Gasteiger partial charge in [0.15, 0.2) is 0 Å². The first kappa shape index (κ1) is 15.8. The molecule has 3 nitrogen and oxygen atoms in total. The molecule has 2 aromatic carbocycles. The second-order valence-corrected chi connectivity index (χ2v) is 6.30. The highest BCUT2D eigenvalue weighted by Gasteiger charge is 2.15. The van der Waals surface area contributed by atoms with Crippen molar-refractivity contribution in [1.29, 1.82) is 0 Å². The fourth-order valence-corrected chi connectivity index (χ4v) is 3.27. The number of piperidine rings is 1. The third-order valence-corrected chi connectivity index (χ3v) is 4.59. The van der Waals surface area contributed by atoms with E-state index in [-0.39, 0.29) is 5.91 Å². The summed E-state index contributed by atoms with van der Waals surface area (Å²) in [6.45, 7) is 4.20. The number of carbonyl (C=O) groups is 1. The molecule has 2 aromatic rings. The number of quaternary nitrogens is 1. The molecule has 3 heteroatoms. The maximum atomic E-state index is 12.2. The van der Waals surface area contributed by atoms with Crippen LogP contribution >= 0.6 is 0 Å². The fraction of sp³-hybridized carbons (Fsp3) is 0.350. The molecule has 0 radical (unpaired) electrons. The third-order valence-electron chi connectivity index (χ3n) is 4.59. The molecule has 0 saturated carbocycles. The van der Waals surface area contributed by atoms with Crippen LogP contribution in [0.3, 0.4) is 0 Å². The summed E-state index contributed by atoms with van der Waals surface area (Å²) in [6, 6.07) is 17.9. The van der Waals surface area contributed by atoms with Crippen molar-refractivity contribution in [3.63, 3.8) is 0 Å². The number of nitrogens with one attached hydrogen (secondary N) is 2. The van der Waals surface area contributed by atoms with E-state index in [4.69, 9.17) is 0 Å². The third kappa shape index (κ3) is 4.42. The van der Waals surface area contributed by atoms with Crippen LogP contribution in [-0.2, 0) is 13.1 Å². The molecular formula is C20H25N2O+. The van der Waals surface area contributed by atoms with Crippen molar-refractivity contribution < 1.29 is 9.69 Å². The van der Waals surface area contributed by atoms with E-state index in [9.17, 15) is 4.79 Å². The number of carbonyl (C=O) groups excluding carboxylic acids is 1. The number of hydrogen-bond donors (Lipinski definition) is 2. The largest absolute Gasteiger partial charge is 0.348 e. The van der Waals surface area contributed by atoms with Gasteiger partial charge in [-0.1, -0.05) is 42.5 Å². The normalized spacial score (nSPS) is 15.3. The highest BCUT2D eigenvalue weighted by Crippen LogP contribution is 2.09. The number of benzene rings is 2. The number of rotatable bonds is 5. The summed E-state index contributed by atoms with van der Waals surface area (Å²) in [5, 5.41) is 3.04. The molecule has 1 amide bonds. The quantitative estimate of drug-likeness (QED) is 0.872. The van der Waals surface area contributed by atoms with E-state index in [0.717, 1.165) is 6.54 Å².